The second-order valence-electron chi connectivity index (χ2n) is 6.19. The standard InChI is InChI=1S/C14H22N4O5/c1-9(2)5-10-14(22)17-7-13(21)16(4-3-11(15)20)6-12(17)18(8-19)23-10/h8-10,12H,3-7H2,1-2H3,(H2,15,20). The van der Waals surface area contributed by atoms with Crippen LogP contribution >= 0.6 is 0 Å². The van der Waals surface area contributed by atoms with Gasteiger partial charge in [0.15, 0.2) is 12.3 Å². The Kier molecular flexibility index (Phi) is 5.19. The molecule has 0 radical (unpaired) electrons. The summed E-state index contributed by atoms with van der Waals surface area (Å²) in [6.45, 7) is 4.02. The molecule has 2 heterocycles. The molecule has 2 fully saturated rings. The second kappa shape index (κ2) is 6.95. The Morgan fingerprint density at radius 1 is 1.43 bits per heavy atom. The average molecular weight is 326 g/mol. The molecule has 128 valence electrons. The number of carbonyl (C=O) groups is 4. The Hall–Kier alpha value is -2.16. The van der Waals surface area contributed by atoms with Crippen LogP contribution in [0.1, 0.15) is 26.7 Å². The molecule has 2 aliphatic heterocycles. The van der Waals surface area contributed by atoms with Gasteiger partial charge in [0, 0.05) is 13.0 Å². The van der Waals surface area contributed by atoms with Crippen molar-refractivity contribution in [3.63, 3.8) is 0 Å². The van der Waals surface area contributed by atoms with Crippen molar-refractivity contribution in [1.82, 2.24) is 14.9 Å². The van der Waals surface area contributed by atoms with E-state index in [0.717, 1.165) is 5.06 Å². The minimum Gasteiger partial charge on any atom is -0.370 e. The van der Waals surface area contributed by atoms with E-state index in [0.29, 0.717) is 12.8 Å². The Morgan fingerprint density at radius 2 is 2.13 bits per heavy atom. The van der Waals surface area contributed by atoms with Crippen LogP contribution in [0.3, 0.4) is 0 Å². The Labute approximate surface area is 134 Å². The summed E-state index contributed by atoms with van der Waals surface area (Å²) in [5.74, 6) is -0.862. The number of nitrogens with two attached hydrogens (primary N) is 1. The van der Waals surface area contributed by atoms with Crippen molar-refractivity contribution in [2.75, 3.05) is 19.6 Å². The summed E-state index contributed by atoms with van der Waals surface area (Å²) >= 11 is 0. The predicted molar refractivity (Wildman–Crippen MR) is 78.1 cm³/mol. The highest BCUT2D eigenvalue weighted by Crippen LogP contribution is 2.25. The lowest BCUT2D eigenvalue weighted by atomic mass is 10.0. The first-order valence-electron chi connectivity index (χ1n) is 7.60. The van der Waals surface area contributed by atoms with Crippen LogP contribution < -0.4 is 5.73 Å². The van der Waals surface area contributed by atoms with Gasteiger partial charge in [-0.25, -0.2) is 0 Å². The molecule has 2 N–H and O–H groups in total. The maximum absolute atomic E-state index is 12.5. The highest BCUT2D eigenvalue weighted by atomic mass is 16.7. The Bertz CT molecular complexity index is 509. The van der Waals surface area contributed by atoms with Crippen LogP contribution in [0.5, 0.6) is 0 Å². The molecule has 0 saturated carbocycles. The highest BCUT2D eigenvalue weighted by Gasteiger charge is 2.46. The normalized spacial score (nSPS) is 24.9. The fourth-order valence-electron chi connectivity index (χ4n) is 2.77. The molecular weight excluding hydrogens is 304 g/mol. The number of amides is 4. The minimum atomic E-state index is -0.763. The van der Waals surface area contributed by atoms with E-state index >= 15 is 0 Å². The zero-order chi connectivity index (χ0) is 17.1. The molecule has 9 heteroatoms. The topological polar surface area (TPSA) is 113 Å². The minimum absolute atomic E-state index is 0.0321. The monoisotopic (exact) mass is 326 g/mol. The SMILES string of the molecule is CC(C)CC1ON(C=O)C2CN(CCC(N)=O)C(=O)CN2C1=O. The van der Waals surface area contributed by atoms with Gasteiger partial charge in [-0.2, -0.15) is 5.06 Å². The van der Waals surface area contributed by atoms with Crippen LogP contribution in [0.2, 0.25) is 0 Å². The van der Waals surface area contributed by atoms with Gasteiger partial charge in [-0.15, -0.1) is 0 Å². The molecule has 23 heavy (non-hydrogen) atoms. The lowest BCUT2D eigenvalue weighted by Gasteiger charge is -2.48. The van der Waals surface area contributed by atoms with Crippen molar-refractivity contribution in [2.24, 2.45) is 11.7 Å². The maximum atomic E-state index is 12.5. The molecule has 0 bridgehead atoms. The van der Waals surface area contributed by atoms with Gasteiger partial charge in [0.25, 0.3) is 5.91 Å². The van der Waals surface area contributed by atoms with Crippen LogP contribution in [0, 0.1) is 5.92 Å². The van der Waals surface area contributed by atoms with E-state index in [-0.39, 0.29) is 43.8 Å². The largest absolute Gasteiger partial charge is 0.370 e. The number of hydrogen-bond donors (Lipinski definition) is 1. The fraction of sp³-hybridized carbons (Fsp3) is 0.714. The van der Waals surface area contributed by atoms with Gasteiger partial charge < -0.3 is 15.5 Å². The number of carbonyl (C=O) groups excluding carboxylic acids is 4. The molecule has 4 amide bonds. The van der Waals surface area contributed by atoms with Crippen molar-refractivity contribution >= 4 is 24.1 Å². The summed E-state index contributed by atoms with van der Waals surface area (Å²) in [5, 5.41) is 1.08. The Morgan fingerprint density at radius 3 is 2.70 bits per heavy atom. The lowest BCUT2D eigenvalue weighted by molar-refractivity contribution is -0.264. The fourth-order valence-corrected chi connectivity index (χ4v) is 2.77. The van der Waals surface area contributed by atoms with Gasteiger partial charge >= 0.3 is 0 Å². The number of nitrogens with zero attached hydrogens (tertiary/aromatic N) is 3. The number of primary amides is 1. The third-order valence-corrected chi connectivity index (χ3v) is 3.92. The van der Waals surface area contributed by atoms with Gasteiger partial charge in [0.2, 0.25) is 18.2 Å². The second-order valence-corrected chi connectivity index (χ2v) is 6.19. The zero-order valence-electron chi connectivity index (χ0n) is 13.3. The number of hydrogen-bond acceptors (Lipinski definition) is 5. The summed E-state index contributed by atoms with van der Waals surface area (Å²) in [6, 6.07) is 0. The van der Waals surface area contributed by atoms with Gasteiger partial charge in [-0.3, -0.25) is 24.0 Å². The molecule has 2 aliphatic rings. The van der Waals surface area contributed by atoms with Crippen LogP contribution in [0.15, 0.2) is 0 Å². The summed E-state index contributed by atoms with van der Waals surface area (Å²) in [5.41, 5.74) is 5.09. The molecule has 0 aromatic rings. The summed E-state index contributed by atoms with van der Waals surface area (Å²) in [6.07, 6.45) is -0.425. The first-order chi connectivity index (χ1) is 10.8. The van der Waals surface area contributed by atoms with E-state index in [2.05, 4.69) is 0 Å². The van der Waals surface area contributed by atoms with E-state index in [1.165, 1.54) is 9.80 Å². The van der Waals surface area contributed by atoms with Crippen molar-refractivity contribution in [2.45, 2.75) is 39.0 Å². The molecule has 0 aromatic carbocycles. The van der Waals surface area contributed by atoms with Crippen LogP contribution in [0.4, 0.5) is 0 Å². The van der Waals surface area contributed by atoms with Crippen LogP contribution in [0.25, 0.3) is 0 Å². The molecule has 0 aliphatic carbocycles. The molecule has 0 spiro atoms. The van der Waals surface area contributed by atoms with Crippen LogP contribution in [-0.4, -0.2) is 70.9 Å². The Balaban J connectivity index is 2.12. The van der Waals surface area contributed by atoms with Crippen molar-refractivity contribution in [3.05, 3.63) is 0 Å². The van der Waals surface area contributed by atoms with Gasteiger partial charge in [-0.05, 0) is 12.3 Å². The maximum Gasteiger partial charge on any atom is 0.256 e. The first kappa shape index (κ1) is 17.2. The van der Waals surface area contributed by atoms with E-state index < -0.39 is 18.2 Å². The quantitative estimate of drug-likeness (QED) is 0.608. The van der Waals surface area contributed by atoms with Gasteiger partial charge in [-0.1, -0.05) is 13.8 Å². The molecule has 2 unspecified atom stereocenters. The highest BCUT2D eigenvalue weighted by molar-refractivity contribution is 5.89. The molecule has 0 aromatic heterocycles. The number of piperazine rings is 1. The number of rotatable bonds is 6. The van der Waals surface area contributed by atoms with Crippen molar-refractivity contribution in [3.8, 4) is 0 Å². The molecular formula is C14H22N4O5. The van der Waals surface area contributed by atoms with Crippen molar-refractivity contribution in [1.29, 1.82) is 0 Å². The molecule has 9 nitrogen and oxygen atoms in total. The lowest BCUT2D eigenvalue weighted by Crippen LogP contribution is -2.69. The zero-order valence-corrected chi connectivity index (χ0v) is 13.3. The van der Waals surface area contributed by atoms with Gasteiger partial charge in [0.1, 0.15) is 6.54 Å². The summed E-state index contributed by atoms with van der Waals surface area (Å²) in [7, 11) is 0. The number of fused-ring (bicyclic) bond motifs is 1. The smallest absolute Gasteiger partial charge is 0.256 e. The predicted octanol–water partition coefficient (Wildman–Crippen LogP) is -1.32. The number of hydroxylamine groups is 2. The molecule has 2 saturated heterocycles. The van der Waals surface area contributed by atoms with Crippen molar-refractivity contribution < 1.29 is 24.0 Å². The van der Waals surface area contributed by atoms with E-state index in [1.807, 2.05) is 13.8 Å². The molecule has 2 rings (SSSR count). The van der Waals surface area contributed by atoms with Crippen LogP contribution in [-0.2, 0) is 24.0 Å². The van der Waals surface area contributed by atoms with E-state index in [9.17, 15) is 19.2 Å². The van der Waals surface area contributed by atoms with E-state index in [1.54, 1.807) is 0 Å². The summed E-state index contributed by atoms with van der Waals surface area (Å²) < 4.78 is 0. The third kappa shape index (κ3) is 3.79. The summed E-state index contributed by atoms with van der Waals surface area (Å²) in [4.78, 5) is 55.1. The van der Waals surface area contributed by atoms with E-state index in [4.69, 9.17) is 10.6 Å². The molecule has 2 atom stereocenters. The average Bonchev–Trinajstić information content (AvgIpc) is 2.48. The van der Waals surface area contributed by atoms with Gasteiger partial charge in [0.05, 0.1) is 6.54 Å². The third-order valence-electron chi connectivity index (χ3n) is 3.92. The first-order valence-corrected chi connectivity index (χ1v) is 7.60.